The first-order valence-electron chi connectivity index (χ1n) is 6.78. The van der Waals surface area contributed by atoms with E-state index < -0.39 is 5.97 Å². The Morgan fingerprint density at radius 1 is 1.45 bits per heavy atom. The van der Waals surface area contributed by atoms with Crippen LogP contribution in [-0.4, -0.2) is 46.8 Å². The lowest BCUT2D eigenvalue weighted by atomic mass is 10.1. The maximum atomic E-state index is 13.0. The number of hydrogen-bond acceptors (Lipinski definition) is 4. The van der Waals surface area contributed by atoms with E-state index in [9.17, 15) is 9.18 Å². The van der Waals surface area contributed by atoms with Crippen molar-refractivity contribution in [2.75, 3.05) is 19.7 Å². The molecule has 1 aromatic heterocycles. The van der Waals surface area contributed by atoms with E-state index in [1.54, 1.807) is 6.20 Å². The summed E-state index contributed by atoms with van der Waals surface area (Å²) in [5.41, 5.74) is 0.871. The summed E-state index contributed by atoms with van der Waals surface area (Å²) in [6.45, 7) is 2.70. The first-order valence-corrected chi connectivity index (χ1v) is 6.78. The van der Waals surface area contributed by atoms with Crippen LogP contribution in [0.15, 0.2) is 18.5 Å². The number of aliphatic carboxylic acids is 1. The third kappa shape index (κ3) is 4.86. The molecule has 2 rings (SSSR count). The molecule has 0 bridgehead atoms. The number of piperidine rings is 1. The summed E-state index contributed by atoms with van der Waals surface area (Å²) in [6, 6.07) is 1.50. The van der Waals surface area contributed by atoms with Crippen LogP contribution in [-0.2, 0) is 16.1 Å². The fourth-order valence-corrected chi connectivity index (χ4v) is 2.35. The van der Waals surface area contributed by atoms with Crippen LogP contribution in [0.3, 0.4) is 0 Å². The van der Waals surface area contributed by atoms with E-state index in [-0.39, 0.29) is 24.9 Å². The number of halogens is 1. The van der Waals surface area contributed by atoms with Gasteiger partial charge in [-0.25, -0.2) is 4.39 Å². The molecule has 0 aliphatic carbocycles. The van der Waals surface area contributed by atoms with Gasteiger partial charge in [0.15, 0.2) is 0 Å². The molecule has 0 aromatic carbocycles. The van der Waals surface area contributed by atoms with Gasteiger partial charge in [0, 0.05) is 25.8 Å². The number of carbonyl (C=O) groups is 1. The summed E-state index contributed by atoms with van der Waals surface area (Å²) >= 11 is 0. The molecule has 1 aromatic rings. The lowest BCUT2D eigenvalue weighted by molar-refractivity contribution is -0.138. The molecular formula is C14H19FN2O3. The maximum absolute atomic E-state index is 13.0. The summed E-state index contributed by atoms with van der Waals surface area (Å²) < 4.78 is 18.6. The summed E-state index contributed by atoms with van der Waals surface area (Å²) in [6.07, 6.45) is 4.82. The van der Waals surface area contributed by atoms with Crippen LogP contribution in [0.2, 0.25) is 0 Å². The van der Waals surface area contributed by atoms with Gasteiger partial charge in [-0.3, -0.25) is 14.7 Å². The Morgan fingerprint density at radius 3 is 2.85 bits per heavy atom. The lowest BCUT2D eigenvalue weighted by Crippen LogP contribution is -2.36. The van der Waals surface area contributed by atoms with Gasteiger partial charge in [0.05, 0.1) is 25.3 Å². The average Bonchev–Trinajstić information content (AvgIpc) is 2.40. The monoisotopic (exact) mass is 282 g/mol. The Morgan fingerprint density at radius 2 is 2.20 bits per heavy atom. The van der Waals surface area contributed by atoms with Crippen LogP contribution < -0.4 is 0 Å². The SMILES string of the molecule is O=C(O)CCOC1CCN(Cc2cncc(F)c2)CC1. The van der Waals surface area contributed by atoms with Crippen LogP contribution in [0.4, 0.5) is 4.39 Å². The van der Waals surface area contributed by atoms with Gasteiger partial charge in [0.2, 0.25) is 0 Å². The Labute approximate surface area is 117 Å². The summed E-state index contributed by atoms with van der Waals surface area (Å²) in [7, 11) is 0. The van der Waals surface area contributed by atoms with Crippen LogP contribution in [0.1, 0.15) is 24.8 Å². The predicted molar refractivity (Wildman–Crippen MR) is 70.7 cm³/mol. The summed E-state index contributed by atoms with van der Waals surface area (Å²) in [5.74, 6) is -1.14. The minimum Gasteiger partial charge on any atom is -0.481 e. The smallest absolute Gasteiger partial charge is 0.305 e. The van der Waals surface area contributed by atoms with E-state index in [1.807, 2.05) is 0 Å². The fourth-order valence-electron chi connectivity index (χ4n) is 2.35. The molecular weight excluding hydrogens is 263 g/mol. The molecule has 110 valence electrons. The van der Waals surface area contributed by atoms with Gasteiger partial charge in [-0.05, 0) is 24.5 Å². The molecule has 0 radical (unpaired) electrons. The van der Waals surface area contributed by atoms with Crippen LogP contribution in [0.5, 0.6) is 0 Å². The molecule has 2 heterocycles. The number of carboxylic acids is 1. The summed E-state index contributed by atoms with van der Waals surface area (Å²) in [4.78, 5) is 16.5. The Hall–Kier alpha value is -1.53. The zero-order valence-corrected chi connectivity index (χ0v) is 11.3. The van der Waals surface area contributed by atoms with Crippen molar-refractivity contribution in [3.63, 3.8) is 0 Å². The molecule has 1 fully saturated rings. The third-order valence-corrected chi connectivity index (χ3v) is 3.37. The summed E-state index contributed by atoms with van der Waals surface area (Å²) in [5, 5.41) is 8.55. The van der Waals surface area contributed by atoms with E-state index in [2.05, 4.69) is 9.88 Å². The fraction of sp³-hybridized carbons (Fsp3) is 0.571. The number of hydrogen-bond donors (Lipinski definition) is 1. The molecule has 0 spiro atoms. The number of ether oxygens (including phenoxy) is 1. The van der Waals surface area contributed by atoms with Gasteiger partial charge in [-0.2, -0.15) is 0 Å². The van der Waals surface area contributed by atoms with Crippen molar-refractivity contribution in [3.8, 4) is 0 Å². The minimum absolute atomic E-state index is 0.0508. The van der Waals surface area contributed by atoms with Crippen LogP contribution >= 0.6 is 0 Å². The number of carboxylic acid groups (broad SMARTS) is 1. The molecule has 0 amide bonds. The van der Waals surface area contributed by atoms with Crippen molar-refractivity contribution < 1.29 is 19.0 Å². The van der Waals surface area contributed by atoms with E-state index in [1.165, 1.54) is 12.3 Å². The maximum Gasteiger partial charge on any atom is 0.305 e. The Kier molecular flexibility index (Phi) is 5.43. The van der Waals surface area contributed by atoms with Crippen molar-refractivity contribution in [1.29, 1.82) is 0 Å². The zero-order valence-electron chi connectivity index (χ0n) is 11.3. The number of aromatic nitrogens is 1. The molecule has 0 atom stereocenters. The van der Waals surface area contributed by atoms with Crippen LogP contribution in [0.25, 0.3) is 0 Å². The second-order valence-electron chi connectivity index (χ2n) is 5.00. The third-order valence-electron chi connectivity index (χ3n) is 3.37. The molecule has 20 heavy (non-hydrogen) atoms. The number of pyridine rings is 1. The molecule has 1 N–H and O–H groups in total. The van der Waals surface area contributed by atoms with E-state index in [0.717, 1.165) is 31.5 Å². The lowest BCUT2D eigenvalue weighted by Gasteiger charge is -2.31. The number of likely N-dealkylation sites (tertiary alicyclic amines) is 1. The van der Waals surface area contributed by atoms with Gasteiger partial charge in [0.25, 0.3) is 0 Å². The number of nitrogens with zero attached hydrogens (tertiary/aromatic N) is 2. The Balaban J connectivity index is 1.70. The molecule has 1 aliphatic rings. The second-order valence-corrected chi connectivity index (χ2v) is 5.00. The predicted octanol–water partition coefficient (Wildman–Crippen LogP) is 1.68. The molecule has 6 heteroatoms. The molecule has 5 nitrogen and oxygen atoms in total. The van der Waals surface area contributed by atoms with Gasteiger partial charge in [-0.1, -0.05) is 0 Å². The van der Waals surface area contributed by atoms with Crippen molar-refractivity contribution in [2.45, 2.75) is 31.9 Å². The highest BCUT2D eigenvalue weighted by molar-refractivity contribution is 5.66. The van der Waals surface area contributed by atoms with Crippen molar-refractivity contribution in [3.05, 3.63) is 29.8 Å². The van der Waals surface area contributed by atoms with E-state index >= 15 is 0 Å². The molecule has 1 aliphatic heterocycles. The Bertz CT molecular complexity index is 448. The van der Waals surface area contributed by atoms with Gasteiger partial charge in [-0.15, -0.1) is 0 Å². The highest BCUT2D eigenvalue weighted by Crippen LogP contribution is 2.16. The standard InChI is InChI=1S/C14H19FN2O3/c15-12-7-11(8-16-9-12)10-17-4-1-13(2-5-17)20-6-3-14(18)19/h7-9,13H,1-6,10H2,(H,18,19). The van der Waals surface area contributed by atoms with Gasteiger partial charge < -0.3 is 9.84 Å². The normalized spacial score (nSPS) is 17.2. The van der Waals surface area contributed by atoms with Crippen molar-refractivity contribution in [1.82, 2.24) is 9.88 Å². The van der Waals surface area contributed by atoms with Crippen LogP contribution in [0, 0.1) is 5.82 Å². The largest absolute Gasteiger partial charge is 0.481 e. The first kappa shape index (κ1) is 14.9. The average molecular weight is 282 g/mol. The van der Waals surface area contributed by atoms with Gasteiger partial charge >= 0.3 is 5.97 Å². The second kappa shape index (κ2) is 7.31. The molecule has 1 saturated heterocycles. The van der Waals surface area contributed by atoms with Gasteiger partial charge in [0.1, 0.15) is 5.82 Å². The first-order chi connectivity index (χ1) is 9.63. The zero-order chi connectivity index (χ0) is 14.4. The highest BCUT2D eigenvalue weighted by atomic mass is 19.1. The van der Waals surface area contributed by atoms with E-state index in [0.29, 0.717) is 6.54 Å². The topological polar surface area (TPSA) is 62.7 Å². The van der Waals surface area contributed by atoms with E-state index in [4.69, 9.17) is 9.84 Å². The molecule has 0 unspecified atom stereocenters. The highest BCUT2D eigenvalue weighted by Gasteiger charge is 2.20. The number of rotatable bonds is 6. The van der Waals surface area contributed by atoms with Crippen molar-refractivity contribution >= 4 is 5.97 Å². The van der Waals surface area contributed by atoms with Crippen molar-refractivity contribution in [2.24, 2.45) is 0 Å². The minimum atomic E-state index is -0.832. The molecule has 0 saturated carbocycles. The quantitative estimate of drug-likeness (QED) is 0.860.